The molecule has 33 heavy (non-hydrogen) atoms. The molecule has 0 atom stereocenters. The third-order valence-electron chi connectivity index (χ3n) is 5.05. The molecule has 0 aliphatic rings. The van der Waals surface area contributed by atoms with E-state index in [1.165, 1.54) is 22.8 Å². The molecule has 0 saturated carbocycles. The van der Waals surface area contributed by atoms with Gasteiger partial charge in [0, 0.05) is 18.1 Å². The summed E-state index contributed by atoms with van der Waals surface area (Å²) in [5.74, 6) is 0.0694. The van der Waals surface area contributed by atoms with Gasteiger partial charge in [-0.1, -0.05) is 48.9 Å². The number of aryl methyl sites for hydroxylation is 1. The number of aromatic nitrogens is 1. The minimum atomic E-state index is -3.73. The Bertz CT molecular complexity index is 1250. The summed E-state index contributed by atoms with van der Waals surface area (Å²) < 4.78 is 33.0. The summed E-state index contributed by atoms with van der Waals surface area (Å²) in [6.07, 6.45) is 0.170. The quantitative estimate of drug-likeness (QED) is 0.440. The molecule has 2 aromatic carbocycles. The number of nitrogens with one attached hydrogen (secondary N) is 1. The number of hydrogen-bond donors (Lipinski definition) is 1. The highest BCUT2D eigenvalue weighted by Gasteiger charge is 2.26. The zero-order chi connectivity index (χ0) is 24.2. The Morgan fingerprint density at radius 1 is 1.18 bits per heavy atom. The molecule has 7 nitrogen and oxygen atoms in total. The van der Waals surface area contributed by atoms with Crippen LogP contribution in [0.5, 0.6) is 5.75 Å². The van der Waals surface area contributed by atoms with Crippen molar-refractivity contribution >= 4 is 44.0 Å². The number of methoxy groups -OCH3 is 1. The second-order valence-electron chi connectivity index (χ2n) is 7.24. The summed E-state index contributed by atoms with van der Waals surface area (Å²) in [6, 6.07) is 12.2. The SMILES string of the molecule is CCN(CC)S(=O)(=O)c1cc(-c2sc(NC(=O)Cc3cccc(Cl)c3)nc2C)ccc1OC. The Morgan fingerprint density at radius 3 is 2.55 bits per heavy atom. The fourth-order valence-electron chi connectivity index (χ4n) is 3.44. The van der Waals surface area contributed by atoms with E-state index in [0.29, 0.717) is 34.5 Å². The van der Waals surface area contributed by atoms with Crippen LogP contribution in [0.3, 0.4) is 0 Å². The van der Waals surface area contributed by atoms with E-state index >= 15 is 0 Å². The number of nitrogens with zero attached hydrogens (tertiary/aromatic N) is 2. The van der Waals surface area contributed by atoms with Gasteiger partial charge in [0.2, 0.25) is 15.9 Å². The number of rotatable bonds is 9. The number of thiazole rings is 1. The fraction of sp³-hybridized carbons (Fsp3) is 0.304. The maximum Gasteiger partial charge on any atom is 0.246 e. The molecule has 0 aliphatic carbocycles. The van der Waals surface area contributed by atoms with Crippen LogP contribution in [-0.2, 0) is 21.2 Å². The van der Waals surface area contributed by atoms with Gasteiger partial charge >= 0.3 is 0 Å². The highest BCUT2D eigenvalue weighted by molar-refractivity contribution is 7.89. The average Bonchev–Trinajstić information content (AvgIpc) is 3.13. The van der Waals surface area contributed by atoms with Crippen LogP contribution in [-0.4, -0.2) is 43.8 Å². The number of hydrogen-bond acceptors (Lipinski definition) is 6. The zero-order valence-electron chi connectivity index (χ0n) is 18.9. The Hall–Kier alpha value is -2.46. The van der Waals surface area contributed by atoms with Gasteiger partial charge in [-0.05, 0) is 48.4 Å². The molecule has 3 rings (SSSR count). The van der Waals surface area contributed by atoms with Gasteiger partial charge in [-0.15, -0.1) is 0 Å². The number of carbonyl (C=O) groups excluding carboxylic acids is 1. The lowest BCUT2D eigenvalue weighted by Gasteiger charge is -2.20. The highest BCUT2D eigenvalue weighted by atomic mass is 35.5. The van der Waals surface area contributed by atoms with E-state index in [2.05, 4.69) is 10.3 Å². The smallest absolute Gasteiger partial charge is 0.246 e. The van der Waals surface area contributed by atoms with Crippen molar-refractivity contribution in [1.82, 2.24) is 9.29 Å². The summed E-state index contributed by atoms with van der Waals surface area (Å²) in [4.78, 5) is 17.8. The Balaban J connectivity index is 1.89. The lowest BCUT2D eigenvalue weighted by atomic mass is 10.1. The van der Waals surface area contributed by atoms with Crippen molar-refractivity contribution in [3.8, 4) is 16.2 Å². The van der Waals surface area contributed by atoms with Crippen molar-refractivity contribution in [1.29, 1.82) is 0 Å². The number of benzene rings is 2. The van der Waals surface area contributed by atoms with E-state index in [9.17, 15) is 13.2 Å². The molecule has 0 fully saturated rings. The normalized spacial score (nSPS) is 11.6. The molecule has 3 aromatic rings. The molecule has 1 aromatic heterocycles. The van der Waals surface area contributed by atoms with Crippen molar-refractivity contribution in [2.24, 2.45) is 0 Å². The molecule has 0 aliphatic heterocycles. The zero-order valence-corrected chi connectivity index (χ0v) is 21.3. The van der Waals surface area contributed by atoms with Crippen molar-refractivity contribution in [2.45, 2.75) is 32.1 Å². The van der Waals surface area contributed by atoms with Gasteiger partial charge in [-0.2, -0.15) is 4.31 Å². The monoisotopic (exact) mass is 507 g/mol. The fourth-order valence-corrected chi connectivity index (χ4v) is 6.27. The molecule has 0 spiro atoms. The van der Waals surface area contributed by atoms with Crippen LogP contribution in [0.25, 0.3) is 10.4 Å². The van der Waals surface area contributed by atoms with Gasteiger partial charge in [-0.3, -0.25) is 4.79 Å². The first-order chi connectivity index (χ1) is 15.7. The van der Waals surface area contributed by atoms with E-state index in [1.807, 2.05) is 13.0 Å². The molecule has 0 radical (unpaired) electrons. The van der Waals surface area contributed by atoms with Gasteiger partial charge in [0.05, 0.1) is 24.1 Å². The predicted molar refractivity (Wildman–Crippen MR) is 133 cm³/mol. The van der Waals surface area contributed by atoms with Gasteiger partial charge in [0.25, 0.3) is 0 Å². The predicted octanol–water partition coefficient (Wildman–Crippen LogP) is 4.99. The Kier molecular flexibility index (Phi) is 8.12. The van der Waals surface area contributed by atoms with Gasteiger partial charge in [-0.25, -0.2) is 13.4 Å². The van der Waals surface area contributed by atoms with Crippen LogP contribution in [0.2, 0.25) is 5.02 Å². The van der Waals surface area contributed by atoms with Crippen molar-refractivity contribution < 1.29 is 17.9 Å². The van der Waals surface area contributed by atoms with E-state index in [4.69, 9.17) is 16.3 Å². The number of ether oxygens (including phenoxy) is 1. The van der Waals surface area contributed by atoms with Gasteiger partial charge in [0.15, 0.2) is 5.13 Å². The van der Waals surface area contributed by atoms with Gasteiger partial charge in [0.1, 0.15) is 10.6 Å². The number of anilines is 1. The minimum Gasteiger partial charge on any atom is -0.495 e. The van der Waals surface area contributed by atoms with Gasteiger partial charge < -0.3 is 10.1 Å². The number of amides is 1. The first kappa shape index (κ1) is 25.2. The van der Waals surface area contributed by atoms with Crippen molar-refractivity contribution in [2.75, 3.05) is 25.5 Å². The molecule has 176 valence electrons. The molecule has 0 bridgehead atoms. The maximum atomic E-state index is 13.2. The van der Waals surface area contributed by atoms with Crippen LogP contribution in [0.1, 0.15) is 25.1 Å². The number of carbonyl (C=O) groups is 1. The number of sulfonamides is 1. The summed E-state index contributed by atoms with van der Waals surface area (Å²) in [7, 11) is -2.28. The maximum absolute atomic E-state index is 13.2. The molecule has 1 amide bonds. The van der Waals surface area contributed by atoms with Crippen molar-refractivity contribution in [3.63, 3.8) is 0 Å². The summed E-state index contributed by atoms with van der Waals surface area (Å²) >= 11 is 7.28. The van der Waals surface area contributed by atoms with E-state index < -0.39 is 10.0 Å². The van der Waals surface area contributed by atoms with E-state index in [-0.39, 0.29) is 23.0 Å². The third-order valence-corrected chi connectivity index (χ3v) is 8.47. The van der Waals surface area contributed by atoms with E-state index in [0.717, 1.165) is 10.4 Å². The second kappa shape index (κ2) is 10.6. The topological polar surface area (TPSA) is 88.6 Å². The van der Waals surface area contributed by atoms with E-state index in [1.54, 1.807) is 50.2 Å². The van der Waals surface area contributed by atoms with Crippen LogP contribution >= 0.6 is 22.9 Å². The third kappa shape index (κ3) is 5.73. The van der Waals surface area contributed by atoms with Crippen LogP contribution in [0.15, 0.2) is 47.4 Å². The number of halogens is 1. The first-order valence-corrected chi connectivity index (χ1v) is 13.0. The lowest BCUT2D eigenvalue weighted by molar-refractivity contribution is -0.115. The molecule has 1 N–H and O–H groups in total. The lowest BCUT2D eigenvalue weighted by Crippen LogP contribution is -2.30. The molecular weight excluding hydrogens is 482 g/mol. The molecule has 1 heterocycles. The van der Waals surface area contributed by atoms with Crippen LogP contribution < -0.4 is 10.1 Å². The highest BCUT2D eigenvalue weighted by Crippen LogP contribution is 2.37. The average molecular weight is 508 g/mol. The molecular formula is C23H26ClN3O4S2. The molecule has 0 saturated heterocycles. The molecule has 0 unspecified atom stereocenters. The summed E-state index contributed by atoms with van der Waals surface area (Å²) in [5.41, 5.74) is 2.18. The minimum absolute atomic E-state index is 0.102. The second-order valence-corrected chi connectivity index (χ2v) is 10.6. The summed E-state index contributed by atoms with van der Waals surface area (Å²) in [5, 5.41) is 3.83. The first-order valence-electron chi connectivity index (χ1n) is 10.4. The van der Waals surface area contributed by atoms with Crippen molar-refractivity contribution in [3.05, 3.63) is 58.7 Å². The van der Waals surface area contributed by atoms with Crippen LogP contribution in [0, 0.1) is 6.92 Å². The van der Waals surface area contributed by atoms with Crippen LogP contribution in [0.4, 0.5) is 5.13 Å². The summed E-state index contributed by atoms with van der Waals surface area (Å²) in [6.45, 7) is 6.12. The molecule has 10 heteroatoms. The standard InChI is InChI=1S/C23H26ClN3O4S2/c1-5-27(6-2)33(29,30)20-14-17(10-11-19(20)31-4)22-15(3)25-23(32-22)26-21(28)13-16-8-7-9-18(24)12-16/h7-12,14H,5-6,13H2,1-4H3,(H,25,26,28). The Morgan fingerprint density at radius 2 is 1.91 bits per heavy atom. The largest absolute Gasteiger partial charge is 0.495 e. The Labute approximate surface area is 203 Å².